The van der Waals surface area contributed by atoms with Gasteiger partial charge in [-0.05, 0) is 43.7 Å². The Morgan fingerprint density at radius 3 is 1.97 bits per heavy atom. The van der Waals surface area contributed by atoms with Crippen LogP contribution in [0.4, 0.5) is 22.0 Å². The van der Waals surface area contributed by atoms with E-state index in [4.69, 9.17) is 4.74 Å². The zero-order valence-corrected chi connectivity index (χ0v) is 19.7. The van der Waals surface area contributed by atoms with E-state index in [1.807, 2.05) is 0 Å². The molecule has 184 valence electrons. The third-order valence-corrected chi connectivity index (χ3v) is 6.54. The van der Waals surface area contributed by atoms with Crippen LogP contribution in [0.3, 0.4) is 0 Å². The van der Waals surface area contributed by atoms with Gasteiger partial charge >= 0.3 is 0 Å². The maximum absolute atomic E-state index is 15.0. The fourth-order valence-corrected chi connectivity index (χ4v) is 4.72. The lowest BCUT2D eigenvalue weighted by Gasteiger charge is -2.29. The number of rotatable bonds is 6. The first-order valence-corrected chi connectivity index (χ1v) is 11.9. The molecule has 1 aliphatic rings. The molecule has 0 saturated carbocycles. The molecule has 0 spiro atoms. The molecule has 2 atom stereocenters. The lowest BCUT2D eigenvalue weighted by Crippen LogP contribution is -2.21. The van der Waals surface area contributed by atoms with Crippen molar-refractivity contribution in [2.75, 3.05) is 6.61 Å². The fraction of sp³-hybridized carbons (Fsp3) is 0.310. The standard InChI is InChI=1S/C29H27F5O/c1-3-5-17-7-9-19(24(30)15-17)20-10-11-21(27(32)26(20)31)22-12-13-23(29(34)28(22)33)25-14-8-18(6-4-2)16-35-25/h3,5,7,9-13,15,18,25H,4,6,8,14,16H2,1-2H3/b5-3+. The summed E-state index contributed by atoms with van der Waals surface area (Å²) in [5.41, 5.74) is -0.622. The zero-order valence-electron chi connectivity index (χ0n) is 19.7. The summed E-state index contributed by atoms with van der Waals surface area (Å²) in [4.78, 5) is 0. The smallest absolute Gasteiger partial charge is 0.167 e. The number of hydrogen-bond donors (Lipinski definition) is 0. The molecule has 1 saturated heterocycles. The van der Waals surface area contributed by atoms with Crippen molar-refractivity contribution in [1.82, 2.24) is 0 Å². The molecule has 1 nitrogen and oxygen atoms in total. The fourth-order valence-electron chi connectivity index (χ4n) is 4.72. The Hall–Kier alpha value is -2.99. The molecule has 2 unspecified atom stereocenters. The summed E-state index contributed by atoms with van der Waals surface area (Å²) in [5, 5.41) is 0. The minimum atomic E-state index is -1.37. The molecule has 3 aromatic rings. The van der Waals surface area contributed by atoms with Crippen molar-refractivity contribution in [2.45, 2.75) is 45.6 Å². The summed E-state index contributed by atoms with van der Waals surface area (Å²) in [5.74, 6) is -5.42. The topological polar surface area (TPSA) is 9.23 Å². The summed E-state index contributed by atoms with van der Waals surface area (Å²) >= 11 is 0. The quantitative estimate of drug-likeness (QED) is 0.316. The molecule has 0 amide bonds. The predicted molar refractivity (Wildman–Crippen MR) is 128 cm³/mol. The van der Waals surface area contributed by atoms with Crippen LogP contribution in [0.2, 0.25) is 0 Å². The van der Waals surface area contributed by atoms with Gasteiger partial charge in [-0.3, -0.25) is 0 Å². The lowest BCUT2D eigenvalue weighted by atomic mass is 9.90. The van der Waals surface area contributed by atoms with Crippen LogP contribution in [-0.4, -0.2) is 6.61 Å². The first kappa shape index (κ1) is 25.1. The molecule has 35 heavy (non-hydrogen) atoms. The summed E-state index contributed by atoms with van der Waals surface area (Å²) in [6.07, 6.45) is 6.30. The summed E-state index contributed by atoms with van der Waals surface area (Å²) in [7, 11) is 0. The van der Waals surface area contributed by atoms with Crippen LogP contribution in [0.15, 0.2) is 48.5 Å². The Bertz CT molecular complexity index is 1240. The van der Waals surface area contributed by atoms with Gasteiger partial charge in [-0.25, -0.2) is 22.0 Å². The highest BCUT2D eigenvalue weighted by Crippen LogP contribution is 2.38. The molecule has 0 bridgehead atoms. The van der Waals surface area contributed by atoms with Crippen LogP contribution in [-0.2, 0) is 4.74 Å². The Labute approximate surface area is 202 Å². The van der Waals surface area contributed by atoms with Crippen LogP contribution in [0.25, 0.3) is 28.3 Å². The van der Waals surface area contributed by atoms with E-state index in [1.54, 1.807) is 25.1 Å². The van der Waals surface area contributed by atoms with E-state index >= 15 is 8.78 Å². The van der Waals surface area contributed by atoms with E-state index in [0.717, 1.165) is 25.3 Å². The van der Waals surface area contributed by atoms with Gasteiger partial charge in [0, 0.05) is 27.8 Å². The van der Waals surface area contributed by atoms with Gasteiger partial charge in [-0.1, -0.05) is 61.9 Å². The van der Waals surface area contributed by atoms with Crippen molar-refractivity contribution in [3.05, 3.63) is 88.8 Å². The van der Waals surface area contributed by atoms with Gasteiger partial charge in [0.05, 0.1) is 12.7 Å². The molecule has 0 aromatic heterocycles. The molecular formula is C29H27F5O. The van der Waals surface area contributed by atoms with Gasteiger partial charge in [0.15, 0.2) is 23.3 Å². The van der Waals surface area contributed by atoms with Crippen molar-refractivity contribution in [1.29, 1.82) is 0 Å². The molecule has 6 heteroatoms. The number of benzene rings is 3. The molecule has 0 aliphatic carbocycles. The molecular weight excluding hydrogens is 459 g/mol. The monoisotopic (exact) mass is 486 g/mol. The third kappa shape index (κ3) is 5.03. The van der Waals surface area contributed by atoms with Gasteiger partial charge in [0.2, 0.25) is 0 Å². The predicted octanol–water partition coefficient (Wildman–Crippen LogP) is 9.02. The Balaban J connectivity index is 1.65. The second-order valence-electron chi connectivity index (χ2n) is 8.91. The number of allylic oxidation sites excluding steroid dienone is 1. The lowest BCUT2D eigenvalue weighted by molar-refractivity contribution is -0.0214. The van der Waals surface area contributed by atoms with Crippen molar-refractivity contribution < 1.29 is 26.7 Å². The molecule has 1 fully saturated rings. The minimum Gasteiger partial charge on any atom is -0.373 e. The first-order chi connectivity index (χ1) is 16.8. The van der Waals surface area contributed by atoms with E-state index in [9.17, 15) is 13.2 Å². The normalized spacial score (nSPS) is 18.4. The number of ether oxygens (including phenoxy) is 1. The summed E-state index contributed by atoms with van der Waals surface area (Å²) < 4.78 is 80.3. The van der Waals surface area contributed by atoms with Crippen molar-refractivity contribution in [2.24, 2.45) is 5.92 Å². The third-order valence-electron chi connectivity index (χ3n) is 6.54. The van der Waals surface area contributed by atoms with E-state index in [1.165, 1.54) is 30.3 Å². The molecule has 3 aromatic carbocycles. The van der Waals surface area contributed by atoms with Crippen LogP contribution < -0.4 is 0 Å². The maximum atomic E-state index is 15.0. The maximum Gasteiger partial charge on any atom is 0.167 e. The summed E-state index contributed by atoms with van der Waals surface area (Å²) in [6, 6.07) is 9.05. The van der Waals surface area contributed by atoms with Gasteiger partial charge in [0.1, 0.15) is 5.82 Å². The van der Waals surface area contributed by atoms with Crippen LogP contribution >= 0.6 is 0 Å². The zero-order chi connectivity index (χ0) is 25.1. The molecule has 0 N–H and O–H groups in total. The Kier molecular flexibility index (Phi) is 7.70. The second-order valence-corrected chi connectivity index (χ2v) is 8.91. The number of halogens is 5. The van der Waals surface area contributed by atoms with Crippen molar-refractivity contribution in [3.8, 4) is 22.3 Å². The molecule has 1 heterocycles. The van der Waals surface area contributed by atoms with Gasteiger partial charge in [-0.15, -0.1) is 0 Å². The van der Waals surface area contributed by atoms with Gasteiger partial charge < -0.3 is 4.74 Å². The second kappa shape index (κ2) is 10.7. The average Bonchev–Trinajstić information content (AvgIpc) is 2.85. The Morgan fingerprint density at radius 2 is 1.40 bits per heavy atom. The van der Waals surface area contributed by atoms with E-state index in [2.05, 4.69) is 6.92 Å². The van der Waals surface area contributed by atoms with E-state index in [-0.39, 0.29) is 16.7 Å². The van der Waals surface area contributed by atoms with Crippen LogP contribution in [0.1, 0.15) is 56.8 Å². The number of hydrogen-bond acceptors (Lipinski definition) is 1. The molecule has 0 radical (unpaired) electrons. The van der Waals surface area contributed by atoms with Gasteiger partial charge in [0.25, 0.3) is 0 Å². The summed E-state index contributed by atoms with van der Waals surface area (Å²) in [6.45, 7) is 4.35. The van der Waals surface area contributed by atoms with Crippen molar-refractivity contribution in [3.63, 3.8) is 0 Å². The highest BCUT2D eigenvalue weighted by Gasteiger charge is 2.28. The highest BCUT2D eigenvalue weighted by atomic mass is 19.2. The molecule has 4 rings (SSSR count). The van der Waals surface area contributed by atoms with Gasteiger partial charge in [-0.2, -0.15) is 0 Å². The Morgan fingerprint density at radius 1 is 0.800 bits per heavy atom. The first-order valence-electron chi connectivity index (χ1n) is 11.9. The average molecular weight is 487 g/mol. The minimum absolute atomic E-state index is 0.0713. The molecule has 1 aliphatic heterocycles. The van der Waals surface area contributed by atoms with Crippen LogP contribution in [0, 0.1) is 35.0 Å². The van der Waals surface area contributed by atoms with Crippen LogP contribution in [0.5, 0.6) is 0 Å². The van der Waals surface area contributed by atoms with E-state index in [0.29, 0.717) is 24.5 Å². The largest absolute Gasteiger partial charge is 0.373 e. The SMILES string of the molecule is C/C=C/c1ccc(-c2ccc(-c3ccc(C4CCC(CCC)CO4)c(F)c3F)c(F)c2F)c(F)c1. The van der Waals surface area contributed by atoms with Crippen molar-refractivity contribution >= 4 is 6.08 Å². The highest BCUT2D eigenvalue weighted by molar-refractivity contribution is 5.73. The van der Waals surface area contributed by atoms with E-state index < -0.39 is 46.3 Å².